The molecule has 0 radical (unpaired) electrons. The Morgan fingerprint density at radius 1 is 1.48 bits per heavy atom. The van der Waals surface area contributed by atoms with Gasteiger partial charge >= 0.3 is 5.97 Å². The molecule has 2 fully saturated rings. The summed E-state index contributed by atoms with van der Waals surface area (Å²) in [6, 6.07) is 2.04. The van der Waals surface area contributed by atoms with Gasteiger partial charge in [0.2, 0.25) is 5.91 Å². The summed E-state index contributed by atoms with van der Waals surface area (Å²) >= 11 is 1.59. The molecule has 2 saturated heterocycles. The number of hydrogen-bond acceptors (Lipinski definition) is 6. The molecule has 1 amide bonds. The number of rotatable bonds is 7. The number of thioether (sulfide) groups is 1. The predicted molar refractivity (Wildman–Crippen MR) is 112 cm³/mol. The average Bonchev–Trinajstić information content (AvgIpc) is 3.34. The van der Waals surface area contributed by atoms with Gasteiger partial charge in [0, 0.05) is 47.6 Å². The highest BCUT2D eigenvalue weighted by Crippen LogP contribution is 2.51. The Kier molecular flexibility index (Phi) is 6.62. The Morgan fingerprint density at radius 2 is 2.24 bits per heavy atom. The van der Waals surface area contributed by atoms with E-state index in [-0.39, 0.29) is 41.2 Å². The summed E-state index contributed by atoms with van der Waals surface area (Å²) in [7, 11) is 0. The molecule has 0 unspecified atom stereocenters. The number of aliphatic carboxylic acids is 1. The molecular formula is C19H27ClN4O4S. The lowest BCUT2D eigenvalue weighted by Crippen LogP contribution is -2.63. The molecule has 29 heavy (non-hydrogen) atoms. The quantitative estimate of drug-likeness (QED) is 0.546. The third kappa shape index (κ3) is 3.93. The molecule has 0 bridgehead atoms. The van der Waals surface area contributed by atoms with Crippen LogP contribution in [0.4, 0.5) is 0 Å². The fourth-order valence-electron chi connectivity index (χ4n) is 4.67. The number of nitrogens with zero attached hydrogens (tertiary/aromatic N) is 3. The van der Waals surface area contributed by atoms with E-state index in [9.17, 15) is 19.8 Å². The molecule has 4 heterocycles. The molecule has 1 aromatic heterocycles. The zero-order valence-electron chi connectivity index (χ0n) is 16.4. The second kappa shape index (κ2) is 8.67. The van der Waals surface area contributed by atoms with Crippen LogP contribution >= 0.6 is 24.2 Å². The number of carboxylic acid groups (broad SMARTS) is 1. The van der Waals surface area contributed by atoms with Gasteiger partial charge in [0.05, 0.1) is 18.1 Å². The van der Waals surface area contributed by atoms with E-state index in [4.69, 9.17) is 0 Å². The van der Waals surface area contributed by atoms with Crippen molar-refractivity contribution in [2.24, 2.45) is 11.8 Å². The first kappa shape index (κ1) is 22.1. The molecule has 0 aliphatic carbocycles. The van der Waals surface area contributed by atoms with Gasteiger partial charge in [0.15, 0.2) is 0 Å². The number of halogens is 1. The van der Waals surface area contributed by atoms with Gasteiger partial charge in [-0.05, 0) is 25.8 Å². The number of hydrogen-bond donors (Lipinski definition) is 3. The lowest BCUT2D eigenvalue weighted by molar-refractivity contribution is -0.163. The van der Waals surface area contributed by atoms with E-state index in [1.165, 1.54) is 4.90 Å². The first-order valence-corrected chi connectivity index (χ1v) is 10.6. The van der Waals surface area contributed by atoms with Crippen molar-refractivity contribution in [1.82, 2.24) is 20.0 Å². The smallest absolute Gasteiger partial charge is 0.353 e. The first-order valence-electron chi connectivity index (χ1n) is 9.74. The number of β-lactam (4-membered cyclic amide) rings is 1. The molecule has 1 aromatic rings. The third-order valence-corrected chi connectivity index (χ3v) is 7.56. The van der Waals surface area contributed by atoms with Gasteiger partial charge in [0.25, 0.3) is 0 Å². The number of aliphatic hydroxyl groups is 1. The van der Waals surface area contributed by atoms with E-state index >= 15 is 0 Å². The van der Waals surface area contributed by atoms with Gasteiger partial charge in [-0.2, -0.15) is 5.10 Å². The van der Waals surface area contributed by atoms with Crippen LogP contribution in [0.1, 0.15) is 26.7 Å². The Bertz CT molecular complexity index is 800. The molecule has 0 spiro atoms. The molecule has 3 aliphatic rings. The van der Waals surface area contributed by atoms with E-state index in [2.05, 4.69) is 10.4 Å². The minimum atomic E-state index is -1.06. The van der Waals surface area contributed by atoms with Crippen LogP contribution in [-0.4, -0.2) is 66.8 Å². The maximum absolute atomic E-state index is 12.4. The van der Waals surface area contributed by atoms with E-state index in [1.807, 2.05) is 23.9 Å². The minimum Gasteiger partial charge on any atom is -0.477 e. The van der Waals surface area contributed by atoms with Crippen LogP contribution in [0.3, 0.4) is 0 Å². The zero-order chi connectivity index (χ0) is 20.0. The number of aromatic nitrogens is 2. The largest absolute Gasteiger partial charge is 0.477 e. The highest BCUT2D eigenvalue weighted by atomic mass is 35.5. The number of carboxylic acids is 1. The summed E-state index contributed by atoms with van der Waals surface area (Å²) in [5, 5.41) is 27.7. The van der Waals surface area contributed by atoms with Gasteiger partial charge in [-0.3, -0.25) is 9.48 Å². The molecule has 6 atom stereocenters. The van der Waals surface area contributed by atoms with Crippen LogP contribution in [0.2, 0.25) is 0 Å². The lowest BCUT2D eigenvalue weighted by atomic mass is 9.79. The summed E-state index contributed by atoms with van der Waals surface area (Å²) in [5.41, 5.74) is 0.115. The Balaban J connectivity index is 0.00000240. The first-order chi connectivity index (χ1) is 13.4. The third-order valence-electron chi connectivity index (χ3n) is 6.05. The Morgan fingerprint density at radius 3 is 2.86 bits per heavy atom. The van der Waals surface area contributed by atoms with Gasteiger partial charge in [-0.25, -0.2) is 4.79 Å². The molecule has 3 N–H and O–H groups in total. The molecule has 10 heteroatoms. The molecule has 0 aromatic carbocycles. The zero-order valence-corrected chi connectivity index (χ0v) is 18.0. The minimum absolute atomic E-state index is 0. The topological polar surface area (TPSA) is 108 Å². The molecule has 4 rings (SSSR count). The molecule has 3 aliphatic heterocycles. The maximum atomic E-state index is 12.4. The van der Waals surface area contributed by atoms with E-state index < -0.39 is 18.0 Å². The maximum Gasteiger partial charge on any atom is 0.353 e. The van der Waals surface area contributed by atoms with Crippen LogP contribution in [0.5, 0.6) is 0 Å². The van der Waals surface area contributed by atoms with Gasteiger partial charge in [-0.15, -0.1) is 24.2 Å². The summed E-state index contributed by atoms with van der Waals surface area (Å²) in [6.45, 7) is 5.23. The van der Waals surface area contributed by atoms with Crippen molar-refractivity contribution in [1.29, 1.82) is 0 Å². The van der Waals surface area contributed by atoms with Crippen LogP contribution in [0.25, 0.3) is 0 Å². The van der Waals surface area contributed by atoms with Crippen molar-refractivity contribution in [2.45, 2.75) is 56.7 Å². The highest BCUT2D eigenvalue weighted by molar-refractivity contribution is 8.03. The fraction of sp³-hybridized carbons (Fsp3) is 0.632. The summed E-state index contributed by atoms with van der Waals surface area (Å²) < 4.78 is 1.92. The van der Waals surface area contributed by atoms with Gasteiger partial charge in [-0.1, -0.05) is 6.92 Å². The molecular weight excluding hydrogens is 416 g/mol. The predicted octanol–water partition coefficient (Wildman–Crippen LogP) is 1.31. The van der Waals surface area contributed by atoms with E-state index in [1.54, 1.807) is 24.9 Å². The summed E-state index contributed by atoms with van der Waals surface area (Å²) in [4.78, 5) is 26.5. The average molecular weight is 443 g/mol. The normalized spacial score (nSPS) is 32.0. The van der Waals surface area contributed by atoms with Crippen molar-refractivity contribution in [3.63, 3.8) is 0 Å². The summed E-state index contributed by atoms with van der Waals surface area (Å²) in [6.07, 6.45) is 4.87. The van der Waals surface area contributed by atoms with Crippen molar-refractivity contribution < 1.29 is 19.8 Å². The fourth-order valence-corrected chi connectivity index (χ4v) is 6.19. The SMILES string of the molecule is C[C@@H](O)[C@H]1C(=O)N2C(C(=O)O)=C(S[C@@H]3CN[C@@H](CCn4cccn4)C3)[C@H](C)[C@H]12.Cl. The van der Waals surface area contributed by atoms with Crippen molar-refractivity contribution in [3.05, 3.63) is 29.1 Å². The number of amides is 1. The van der Waals surface area contributed by atoms with Crippen molar-refractivity contribution >= 4 is 36.0 Å². The summed E-state index contributed by atoms with van der Waals surface area (Å²) in [5.74, 6) is -1.92. The monoisotopic (exact) mass is 442 g/mol. The second-order valence-electron chi connectivity index (χ2n) is 7.91. The number of aryl methyl sites for hydroxylation is 1. The number of nitrogens with one attached hydrogen (secondary N) is 1. The number of aliphatic hydroxyl groups excluding tert-OH is 1. The van der Waals surface area contributed by atoms with E-state index in [0.717, 1.165) is 30.8 Å². The van der Waals surface area contributed by atoms with Gasteiger partial charge < -0.3 is 20.4 Å². The van der Waals surface area contributed by atoms with Crippen molar-refractivity contribution in [3.8, 4) is 0 Å². The Labute approximate surface area is 180 Å². The number of carbonyl (C=O) groups excluding carboxylic acids is 1. The lowest BCUT2D eigenvalue weighted by Gasteiger charge is -2.46. The van der Waals surface area contributed by atoms with Crippen LogP contribution in [0, 0.1) is 11.8 Å². The van der Waals surface area contributed by atoms with E-state index in [0.29, 0.717) is 6.04 Å². The number of carbonyl (C=O) groups is 2. The van der Waals surface area contributed by atoms with Gasteiger partial charge in [0.1, 0.15) is 5.70 Å². The molecule has 8 nitrogen and oxygen atoms in total. The van der Waals surface area contributed by atoms with Crippen LogP contribution < -0.4 is 5.32 Å². The standard InChI is InChI=1S/C19H26N4O4S.ClH/c1-10-15-14(11(2)24)18(25)23(15)16(19(26)27)17(10)28-13-8-12(20-9-13)4-7-22-6-3-5-21-22;/h3,5-6,10-15,20,24H,4,7-9H2,1-2H3,(H,26,27);1H/t10-,11-,12+,13+,14-,15-;/m1./s1. The van der Waals surface area contributed by atoms with Crippen molar-refractivity contribution in [2.75, 3.05) is 6.54 Å². The second-order valence-corrected chi connectivity index (χ2v) is 9.25. The Hall–Kier alpha value is -1.55. The highest BCUT2D eigenvalue weighted by Gasteiger charge is 2.60. The molecule has 160 valence electrons. The molecule has 0 saturated carbocycles. The number of fused-ring (bicyclic) bond motifs is 1. The van der Waals surface area contributed by atoms with Crippen LogP contribution in [-0.2, 0) is 16.1 Å². The van der Waals surface area contributed by atoms with Crippen LogP contribution in [0.15, 0.2) is 29.1 Å².